The van der Waals surface area contributed by atoms with Crippen molar-refractivity contribution in [2.75, 3.05) is 6.26 Å². The lowest BCUT2D eigenvalue weighted by molar-refractivity contribution is -0.123. The summed E-state index contributed by atoms with van der Waals surface area (Å²) in [6.45, 7) is 3.24. The van der Waals surface area contributed by atoms with Crippen molar-refractivity contribution in [1.82, 2.24) is 10.6 Å². The summed E-state index contributed by atoms with van der Waals surface area (Å²) in [5, 5.41) is 5.69. The number of rotatable bonds is 7. The van der Waals surface area contributed by atoms with E-state index in [2.05, 4.69) is 10.6 Å². The molecule has 0 fully saturated rings. The van der Waals surface area contributed by atoms with Crippen LogP contribution in [0.4, 0.5) is 0 Å². The van der Waals surface area contributed by atoms with E-state index >= 15 is 0 Å². The number of sulfone groups is 1. The molecule has 2 rings (SSSR count). The van der Waals surface area contributed by atoms with Crippen LogP contribution in [0.15, 0.2) is 59.5 Å². The van der Waals surface area contributed by atoms with Crippen LogP contribution < -0.4 is 10.6 Å². The molecule has 0 saturated heterocycles. The van der Waals surface area contributed by atoms with Gasteiger partial charge in [-0.05, 0) is 30.2 Å². The Morgan fingerprint density at radius 1 is 0.926 bits per heavy atom. The molecule has 0 spiro atoms. The number of carbonyl (C=O) groups excluding carboxylic acids is 2. The van der Waals surface area contributed by atoms with Crippen LogP contribution in [0.25, 0.3) is 0 Å². The third-order valence-corrected chi connectivity index (χ3v) is 5.28. The standard InChI is InChI=1S/C20H24N2O4S/c1-14(16-9-11-18(12-10-16)27(3,25)26)21-20(24)13-19(22-15(2)23)17-7-5-4-6-8-17/h4-12,14,19H,13H2,1-3H3,(H,21,24)(H,22,23)/t14-,19-/m1/s1. The Balaban J connectivity index is 2.05. The zero-order valence-electron chi connectivity index (χ0n) is 15.6. The maximum Gasteiger partial charge on any atom is 0.222 e. The van der Waals surface area contributed by atoms with Crippen LogP contribution in [0.1, 0.15) is 43.5 Å². The summed E-state index contributed by atoms with van der Waals surface area (Å²) in [6, 6.07) is 15.0. The van der Waals surface area contributed by atoms with E-state index < -0.39 is 15.9 Å². The van der Waals surface area contributed by atoms with Crippen molar-refractivity contribution in [3.63, 3.8) is 0 Å². The van der Waals surface area contributed by atoms with Gasteiger partial charge in [0.2, 0.25) is 11.8 Å². The summed E-state index contributed by atoms with van der Waals surface area (Å²) in [5.41, 5.74) is 1.65. The molecule has 0 radical (unpaired) electrons. The van der Waals surface area contributed by atoms with Gasteiger partial charge in [0.1, 0.15) is 0 Å². The maximum absolute atomic E-state index is 12.5. The monoisotopic (exact) mass is 388 g/mol. The van der Waals surface area contributed by atoms with E-state index in [1.807, 2.05) is 37.3 Å². The van der Waals surface area contributed by atoms with Gasteiger partial charge in [-0.1, -0.05) is 42.5 Å². The van der Waals surface area contributed by atoms with Crippen LogP contribution >= 0.6 is 0 Å². The number of carbonyl (C=O) groups is 2. The fourth-order valence-electron chi connectivity index (χ4n) is 2.76. The highest BCUT2D eigenvalue weighted by Gasteiger charge is 2.19. The van der Waals surface area contributed by atoms with Gasteiger partial charge in [0.15, 0.2) is 9.84 Å². The third-order valence-electron chi connectivity index (χ3n) is 4.15. The van der Waals surface area contributed by atoms with Crippen molar-refractivity contribution in [1.29, 1.82) is 0 Å². The second-order valence-electron chi connectivity index (χ2n) is 6.50. The van der Waals surface area contributed by atoms with Gasteiger partial charge in [-0.3, -0.25) is 9.59 Å². The normalized spacial score (nSPS) is 13.4. The Labute approximate surface area is 159 Å². The minimum atomic E-state index is -3.25. The van der Waals surface area contributed by atoms with Crippen molar-refractivity contribution < 1.29 is 18.0 Å². The second-order valence-corrected chi connectivity index (χ2v) is 8.51. The molecule has 2 N–H and O–H groups in total. The van der Waals surface area contributed by atoms with E-state index in [9.17, 15) is 18.0 Å². The first-order chi connectivity index (χ1) is 12.7. The van der Waals surface area contributed by atoms with Crippen LogP contribution in [-0.4, -0.2) is 26.5 Å². The maximum atomic E-state index is 12.5. The number of hydrogen-bond donors (Lipinski definition) is 2. The van der Waals surface area contributed by atoms with Crippen molar-refractivity contribution in [3.8, 4) is 0 Å². The topological polar surface area (TPSA) is 92.3 Å². The average Bonchev–Trinajstić information content (AvgIpc) is 2.61. The molecule has 0 aliphatic heterocycles. The summed E-state index contributed by atoms with van der Waals surface area (Å²) in [4.78, 5) is 24.2. The SMILES string of the molecule is CC(=O)N[C@H](CC(=O)N[C@H](C)c1ccc(S(C)(=O)=O)cc1)c1ccccc1. The van der Waals surface area contributed by atoms with E-state index in [1.165, 1.54) is 19.1 Å². The van der Waals surface area contributed by atoms with Crippen molar-refractivity contribution in [2.24, 2.45) is 0 Å². The summed E-state index contributed by atoms with van der Waals surface area (Å²) in [7, 11) is -3.25. The molecular weight excluding hydrogens is 364 g/mol. The van der Waals surface area contributed by atoms with Crippen molar-refractivity contribution >= 4 is 21.7 Å². The molecule has 27 heavy (non-hydrogen) atoms. The predicted octanol–water partition coefficient (Wildman–Crippen LogP) is 2.53. The molecule has 0 aliphatic carbocycles. The van der Waals surface area contributed by atoms with Crippen LogP contribution in [0.2, 0.25) is 0 Å². The molecule has 0 aliphatic rings. The Kier molecular flexibility index (Phi) is 6.74. The highest BCUT2D eigenvalue weighted by Crippen LogP contribution is 2.19. The van der Waals surface area contributed by atoms with Crippen LogP contribution in [0.5, 0.6) is 0 Å². The molecule has 2 aromatic rings. The van der Waals surface area contributed by atoms with Gasteiger partial charge in [0, 0.05) is 13.2 Å². The summed E-state index contributed by atoms with van der Waals surface area (Å²) in [5.74, 6) is -0.418. The van der Waals surface area contributed by atoms with Gasteiger partial charge >= 0.3 is 0 Å². The van der Waals surface area contributed by atoms with E-state index in [0.29, 0.717) is 0 Å². The molecule has 2 amide bonds. The molecule has 7 heteroatoms. The van der Waals surface area contributed by atoms with E-state index in [4.69, 9.17) is 0 Å². The van der Waals surface area contributed by atoms with E-state index in [-0.39, 0.29) is 29.2 Å². The average molecular weight is 388 g/mol. The minimum absolute atomic E-state index is 0.107. The fourth-order valence-corrected chi connectivity index (χ4v) is 3.39. The molecule has 0 heterocycles. The largest absolute Gasteiger partial charge is 0.350 e. The molecular formula is C20H24N2O4S. The first-order valence-corrected chi connectivity index (χ1v) is 10.5. The highest BCUT2D eigenvalue weighted by molar-refractivity contribution is 7.90. The minimum Gasteiger partial charge on any atom is -0.350 e. The predicted molar refractivity (Wildman–Crippen MR) is 104 cm³/mol. The van der Waals surface area contributed by atoms with Gasteiger partial charge in [-0.2, -0.15) is 0 Å². The van der Waals surface area contributed by atoms with Gasteiger partial charge in [0.25, 0.3) is 0 Å². The molecule has 6 nitrogen and oxygen atoms in total. The molecule has 0 unspecified atom stereocenters. The van der Waals surface area contributed by atoms with E-state index in [1.54, 1.807) is 12.1 Å². The van der Waals surface area contributed by atoms with E-state index in [0.717, 1.165) is 17.4 Å². The summed E-state index contributed by atoms with van der Waals surface area (Å²) >= 11 is 0. The lowest BCUT2D eigenvalue weighted by atomic mass is 10.0. The Morgan fingerprint density at radius 3 is 2.04 bits per heavy atom. The quantitative estimate of drug-likeness (QED) is 0.762. The molecule has 2 aromatic carbocycles. The first-order valence-electron chi connectivity index (χ1n) is 8.58. The highest BCUT2D eigenvalue weighted by atomic mass is 32.2. The smallest absolute Gasteiger partial charge is 0.222 e. The Bertz CT molecular complexity index is 893. The van der Waals surface area contributed by atoms with Gasteiger partial charge in [-0.15, -0.1) is 0 Å². The third kappa shape index (κ3) is 6.21. The second kappa shape index (κ2) is 8.81. The Morgan fingerprint density at radius 2 is 1.52 bits per heavy atom. The fraction of sp³-hybridized carbons (Fsp3) is 0.300. The number of nitrogens with one attached hydrogen (secondary N) is 2. The zero-order valence-corrected chi connectivity index (χ0v) is 16.4. The van der Waals surface area contributed by atoms with Crippen LogP contribution in [-0.2, 0) is 19.4 Å². The zero-order chi connectivity index (χ0) is 20.0. The lowest BCUT2D eigenvalue weighted by Crippen LogP contribution is -2.33. The first kappa shape index (κ1) is 20.6. The van der Waals surface area contributed by atoms with Gasteiger partial charge in [0.05, 0.1) is 23.4 Å². The van der Waals surface area contributed by atoms with Crippen molar-refractivity contribution in [2.45, 2.75) is 37.2 Å². The molecule has 0 saturated carbocycles. The van der Waals surface area contributed by atoms with Crippen LogP contribution in [0.3, 0.4) is 0 Å². The lowest BCUT2D eigenvalue weighted by Gasteiger charge is -2.20. The summed E-state index contributed by atoms with van der Waals surface area (Å²) < 4.78 is 23.1. The summed E-state index contributed by atoms with van der Waals surface area (Å²) in [6.07, 6.45) is 1.26. The Hall–Kier alpha value is -2.67. The molecule has 0 bridgehead atoms. The number of amides is 2. The van der Waals surface area contributed by atoms with Crippen LogP contribution in [0, 0.1) is 0 Å². The molecule has 144 valence electrons. The van der Waals surface area contributed by atoms with Crippen molar-refractivity contribution in [3.05, 3.63) is 65.7 Å². The number of hydrogen-bond acceptors (Lipinski definition) is 4. The number of benzene rings is 2. The molecule has 0 aromatic heterocycles. The van der Waals surface area contributed by atoms with Gasteiger partial charge < -0.3 is 10.6 Å². The molecule has 2 atom stereocenters. The van der Waals surface area contributed by atoms with Gasteiger partial charge in [-0.25, -0.2) is 8.42 Å².